The van der Waals surface area contributed by atoms with E-state index in [1.165, 1.54) is 0 Å². The maximum absolute atomic E-state index is 12.6. The number of aromatic nitrogens is 2. The van der Waals surface area contributed by atoms with E-state index in [1.807, 2.05) is 43.4 Å². The average molecular weight is 327 g/mol. The van der Waals surface area contributed by atoms with E-state index < -0.39 is 0 Å². The van der Waals surface area contributed by atoms with Crippen LogP contribution in [0.3, 0.4) is 0 Å². The first-order valence-corrected chi connectivity index (χ1v) is 7.14. The van der Waals surface area contributed by atoms with Gasteiger partial charge in [-0.05, 0) is 24.3 Å². The number of aryl methyl sites for hydroxylation is 1. The molecule has 2 aromatic carbocycles. The Morgan fingerprint density at radius 3 is 2.60 bits per heavy atom. The zero-order valence-electron chi connectivity index (χ0n) is 10.8. The summed E-state index contributed by atoms with van der Waals surface area (Å²) in [6.45, 7) is 0. The molecule has 20 heavy (non-hydrogen) atoms. The highest BCUT2D eigenvalue weighted by molar-refractivity contribution is 9.10. The first-order chi connectivity index (χ1) is 9.66. The number of para-hydroxylation sites is 1. The average Bonchev–Trinajstić information content (AvgIpc) is 2.83. The minimum Gasteiger partial charge on any atom is -0.296 e. The van der Waals surface area contributed by atoms with Crippen LogP contribution in [0.5, 0.6) is 0 Å². The summed E-state index contributed by atoms with van der Waals surface area (Å²) in [5, 5.41) is 2.16. The van der Waals surface area contributed by atoms with Crippen molar-refractivity contribution in [2.75, 3.05) is 0 Å². The van der Waals surface area contributed by atoms with Crippen molar-refractivity contribution in [1.29, 1.82) is 0 Å². The van der Waals surface area contributed by atoms with Crippen LogP contribution in [0.1, 0.15) is 0 Å². The minimum atomic E-state index is -0.0215. The number of halogens is 1. The molecule has 2 heterocycles. The third-order valence-corrected chi connectivity index (χ3v) is 4.28. The van der Waals surface area contributed by atoms with E-state index >= 15 is 0 Å². The SMILES string of the molecule is Cn1c(=O)n2c3cc(Br)ccc3cc2c2ccccc21. The van der Waals surface area contributed by atoms with Gasteiger partial charge in [0, 0.05) is 22.3 Å². The fourth-order valence-corrected chi connectivity index (χ4v) is 3.16. The summed E-state index contributed by atoms with van der Waals surface area (Å²) < 4.78 is 4.45. The van der Waals surface area contributed by atoms with E-state index in [1.54, 1.807) is 8.97 Å². The van der Waals surface area contributed by atoms with E-state index in [4.69, 9.17) is 0 Å². The molecule has 0 radical (unpaired) electrons. The predicted octanol–water partition coefficient (Wildman–Crippen LogP) is 3.71. The number of benzene rings is 2. The molecule has 0 fully saturated rings. The molecule has 4 heteroatoms. The van der Waals surface area contributed by atoms with Gasteiger partial charge in [0.25, 0.3) is 0 Å². The molecule has 2 aromatic heterocycles. The monoisotopic (exact) mass is 326 g/mol. The lowest BCUT2D eigenvalue weighted by Gasteiger charge is -2.07. The van der Waals surface area contributed by atoms with Gasteiger partial charge in [0.1, 0.15) is 0 Å². The fraction of sp³-hybridized carbons (Fsp3) is 0.0625. The zero-order chi connectivity index (χ0) is 13.9. The van der Waals surface area contributed by atoms with Crippen molar-refractivity contribution < 1.29 is 0 Å². The van der Waals surface area contributed by atoms with Crippen molar-refractivity contribution in [2.45, 2.75) is 0 Å². The summed E-state index contributed by atoms with van der Waals surface area (Å²) in [6, 6.07) is 16.1. The van der Waals surface area contributed by atoms with Gasteiger partial charge in [-0.2, -0.15) is 0 Å². The van der Waals surface area contributed by atoms with E-state index in [0.717, 1.165) is 31.8 Å². The predicted molar refractivity (Wildman–Crippen MR) is 85.4 cm³/mol. The van der Waals surface area contributed by atoms with E-state index in [-0.39, 0.29) is 5.69 Å². The van der Waals surface area contributed by atoms with Gasteiger partial charge >= 0.3 is 5.69 Å². The summed E-state index contributed by atoms with van der Waals surface area (Å²) in [6.07, 6.45) is 0. The fourth-order valence-electron chi connectivity index (χ4n) is 2.81. The topological polar surface area (TPSA) is 26.4 Å². The lowest BCUT2D eigenvalue weighted by Crippen LogP contribution is -2.24. The second-order valence-corrected chi connectivity index (χ2v) is 5.84. The Hall–Kier alpha value is -2.07. The normalized spacial score (nSPS) is 11.7. The second kappa shape index (κ2) is 3.96. The third-order valence-electron chi connectivity index (χ3n) is 3.79. The Morgan fingerprint density at radius 2 is 1.75 bits per heavy atom. The molecule has 0 aliphatic heterocycles. The number of rotatable bonds is 0. The highest BCUT2D eigenvalue weighted by Gasteiger charge is 2.11. The van der Waals surface area contributed by atoms with Gasteiger partial charge in [0.2, 0.25) is 0 Å². The molecule has 0 atom stereocenters. The van der Waals surface area contributed by atoms with Crippen molar-refractivity contribution in [3.05, 3.63) is 63.5 Å². The Bertz CT molecular complexity index is 1040. The molecule has 0 bridgehead atoms. The molecule has 98 valence electrons. The van der Waals surface area contributed by atoms with Crippen LogP contribution in [0, 0.1) is 0 Å². The molecule has 0 aliphatic rings. The van der Waals surface area contributed by atoms with Crippen LogP contribution in [0.15, 0.2) is 57.8 Å². The summed E-state index contributed by atoms with van der Waals surface area (Å²) >= 11 is 3.47. The van der Waals surface area contributed by atoms with Gasteiger partial charge in [-0.15, -0.1) is 0 Å². The number of fused-ring (bicyclic) bond motifs is 5. The smallest absolute Gasteiger partial charge is 0.296 e. The van der Waals surface area contributed by atoms with Crippen molar-refractivity contribution in [3.8, 4) is 0 Å². The van der Waals surface area contributed by atoms with E-state index in [0.29, 0.717) is 0 Å². The molecule has 0 aliphatic carbocycles. The lowest BCUT2D eigenvalue weighted by atomic mass is 10.2. The summed E-state index contributed by atoms with van der Waals surface area (Å²) in [7, 11) is 1.81. The van der Waals surface area contributed by atoms with Crippen LogP contribution in [0.25, 0.3) is 27.3 Å². The molecule has 0 saturated carbocycles. The van der Waals surface area contributed by atoms with Crippen molar-refractivity contribution >= 4 is 43.3 Å². The second-order valence-electron chi connectivity index (χ2n) is 4.93. The summed E-state index contributed by atoms with van der Waals surface area (Å²) in [5.41, 5.74) is 2.82. The van der Waals surface area contributed by atoms with Gasteiger partial charge in [0.05, 0.1) is 16.6 Å². The van der Waals surface area contributed by atoms with Crippen LogP contribution >= 0.6 is 15.9 Å². The van der Waals surface area contributed by atoms with Gasteiger partial charge in [-0.3, -0.25) is 8.97 Å². The van der Waals surface area contributed by atoms with Gasteiger partial charge in [0.15, 0.2) is 0 Å². The molecule has 0 spiro atoms. The first-order valence-electron chi connectivity index (χ1n) is 6.35. The Balaban J connectivity index is 2.41. The summed E-state index contributed by atoms with van der Waals surface area (Å²) in [4.78, 5) is 12.6. The number of nitrogens with zero attached hydrogens (tertiary/aromatic N) is 2. The van der Waals surface area contributed by atoms with Gasteiger partial charge in [-0.25, -0.2) is 4.79 Å². The number of hydrogen-bond donors (Lipinski definition) is 0. The summed E-state index contributed by atoms with van der Waals surface area (Å²) in [5.74, 6) is 0. The van der Waals surface area contributed by atoms with Gasteiger partial charge < -0.3 is 0 Å². The van der Waals surface area contributed by atoms with Crippen molar-refractivity contribution in [1.82, 2.24) is 8.97 Å². The van der Waals surface area contributed by atoms with E-state index in [2.05, 4.69) is 28.1 Å². The van der Waals surface area contributed by atoms with Crippen LogP contribution in [-0.4, -0.2) is 8.97 Å². The minimum absolute atomic E-state index is 0.0215. The highest BCUT2D eigenvalue weighted by atomic mass is 79.9. The third kappa shape index (κ3) is 1.42. The standard InChI is InChI=1S/C16H11BrN2O/c1-18-13-5-3-2-4-12(13)15-8-10-6-7-11(17)9-14(10)19(15)16(18)20/h2-9H,1H3. The molecule has 0 unspecified atom stereocenters. The molecular formula is C16H11BrN2O. The molecule has 0 amide bonds. The Labute approximate surface area is 123 Å². The maximum atomic E-state index is 12.6. The van der Waals surface area contributed by atoms with Crippen LogP contribution in [-0.2, 0) is 7.05 Å². The van der Waals surface area contributed by atoms with Crippen molar-refractivity contribution in [3.63, 3.8) is 0 Å². The van der Waals surface area contributed by atoms with E-state index in [9.17, 15) is 4.79 Å². The number of hydrogen-bond acceptors (Lipinski definition) is 1. The van der Waals surface area contributed by atoms with Crippen LogP contribution in [0.2, 0.25) is 0 Å². The molecule has 4 rings (SSSR count). The highest BCUT2D eigenvalue weighted by Crippen LogP contribution is 2.26. The Kier molecular flexibility index (Phi) is 2.32. The zero-order valence-corrected chi connectivity index (χ0v) is 12.4. The largest absolute Gasteiger partial charge is 0.333 e. The van der Waals surface area contributed by atoms with Gasteiger partial charge in [-0.1, -0.05) is 40.2 Å². The molecule has 4 aromatic rings. The van der Waals surface area contributed by atoms with Crippen LogP contribution in [0.4, 0.5) is 0 Å². The first kappa shape index (κ1) is 11.7. The maximum Gasteiger partial charge on any atom is 0.333 e. The lowest BCUT2D eigenvalue weighted by molar-refractivity contribution is 0.838. The molecule has 0 N–H and O–H groups in total. The quantitative estimate of drug-likeness (QED) is 0.484. The molecule has 0 saturated heterocycles. The van der Waals surface area contributed by atoms with Crippen molar-refractivity contribution in [2.24, 2.45) is 7.05 Å². The molecular weight excluding hydrogens is 316 g/mol. The Morgan fingerprint density at radius 1 is 0.950 bits per heavy atom. The van der Waals surface area contributed by atoms with Crippen LogP contribution < -0.4 is 5.69 Å². The molecule has 3 nitrogen and oxygen atoms in total.